The highest BCUT2D eigenvalue weighted by molar-refractivity contribution is 7.91. The molecule has 17 heavy (non-hydrogen) atoms. The van der Waals surface area contributed by atoms with E-state index in [0.29, 0.717) is 25.1 Å². The third kappa shape index (κ3) is 4.21. The lowest BCUT2D eigenvalue weighted by molar-refractivity contribution is -0.132. The van der Waals surface area contributed by atoms with E-state index in [-0.39, 0.29) is 30.0 Å². The van der Waals surface area contributed by atoms with Gasteiger partial charge in [-0.3, -0.25) is 4.79 Å². The van der Waals surface area contributed by atoms with Crippen LogP contribution in [0.15, 0.2) is 0 Å². The maximum absolute atomic E-state index is 11.9. The highest BCUT2D eigenvalue weighted by Gasteiger charge is 2.33. The second kappa shape index (κ2) is 6.27. The Kier molecular flexibility index (Phi) is 5.29. The molecule has 0 aliphatic carbocycles. The molecule has 4 nitrogen and oxygen atoms in total. The summed E-state index contributed by atoms with van der Waals surface area (Å²) in [5, 5.41) is 0. The number of nitrogens with zero attached hydrogens (tertiary/aromatic N) is 1. The Labute approximate surface area is 107 Å². The van der Waals surface area contributed by atoms with Crippen LogP contribution in [0.5, 0.6) is 0 Å². The second-order valence-electron chi connectivity index (χ2n) is 4.08. The van der Waals surface area contributed by atoms with Gasteiger partial charge in [0.1, 0.15) is 0 Å². The van der Waals surface area contributed by atoms with Gasteiger partial charge in [-0.1, -0.05) is 5.92 Å². The SMILES string of the molecule is C#CCN(C(=O)CCCCl)C1CCS(=O)(=O)C1. The summed E-state index contributed by atoms with van der Waals surface area (Å²) in [6.45, 7) is 0.168. The second-order valence-corrected chi connectivity index (χ2v) is 6.68. The molecular weight excluding hydrogens is 262 g/mol. The van der Waals surface area contributed by atoms with E-state index in [1.807, 2.05) is 0 Å². The van der Waals surface area contributed by atoms with Gasteiger partial charge < -0.3 is 4.90 Å². The number of carbonyl (C=O) groups is 1. The molecule has 0 aromatic carbocycles. The molecule has 1 fully saturated rings. The van der Waals surface area contributed by atoms with Crippen molar-refractivity contribution in [3.05, 3.63) is 0 Å². The van der Waals surface area contributed by atoms with Crippen molar-refractivity contribution in [3.63, 3.8) is 0 Å². The van der Waals surface area contributed by atoms with Crippen LogP contribution in [0.3, 0.4) is 0 Å². The van der Waals surface area contributed by atoms with Crippen LogP contribution in [0, 0.1) is 12.3 Å². The van der Waals surface area contributed by atoms with Gasteiger partial charge in [0.15, 0.2) is 9.84 Å². The summed E-state index contributed by atoms with van der Waals surface area (Å²) in [5.41, 5.74) is 0. The third-order valence-electron chi connectivity index (χ3n) is 2.76. The highest BCUT2D eigenvalue weighted by atomic mass is 35.5. The summed E-state index contributed by atoms with van der Waals surface area (Å²) in [6.07, 6.45) is 6.60. The van der Waals surface area contributed by atoms with Gasteiger partial charge in [0.05, 0.1) is 18.1 Å². The van der Waals surface area contributed by atoms with Crippen molar-refractivity contribution in [3.8, 4) is 12.3 Å². The first kappa shape index (κ1) is 14.3. The van der Waals surface area contributed by atoms with Crippen LogP contribution in [0.2, 0.25) is 0 Å². The minimum atomic E-state index is -3.00. The van der Waals surface area contributed by atoms with Crippen LogP contribution in [0.1, 0.15) is 19.3 Å². The van der Waals surface area contributed by atoms with Gasteiger partial charge in [-0.05, 0) is 12.8 Å². The molecule has 1 saturated heterocycles. The van der Waals surface area contributed by atoms with E-state index >= 15 is 0 Å². The lowest BCUT2D eigenvalue weighted by Crippen LogP contribution is -2.41. The smallest absolute Gasteiger partial charge is 0.223 e. The maximum atomic E-state index is 11.9. The van der Waals surface area contributed by atoms with Gasteiger partial charge in [0.2, 0.25) is 5.91 Å². The van der Waals surface area contributed by atoms with Crippen molar-refractivity contribution in [2.45, 2.75) is 25.3 Å². The van der Waals surface area contributed by atoms with Crippen LogP contribution < -0.4 is 0 Å². The van der Waals surface area contributed by atoms with Gasteiger partial charge in [-0.2, -0.15) is 0 Å². The standard InChI is InChI=1S/C11H16ClNO3S/c1-2-7-13(11(14)4-3-6-12)10-5-8-17(15,16)9-10/h1,10H,3-9H2. The number of hydrogen-bond acceptors (Lipinski definition) is 3. The Morgan fingerprint density at radius 3 is 2.71 bits per heavy atom. The minimum absolute atomic E-state index is 0.0291. The van der Waals surface area contributed by atoms with Crippen LogP contribution in [-0.4, -0.2) is 49.2 Å². The van der Waals surface area contributed by atoms with Gasteiger partial charge in [-0.25, -0.2) is 8.42 Å². The summed E-state index contributed by atoms with van der Waals surface area (Å²) < 4.78 is 22.8. The largest absolute Gasteiger partial charge is 0.328 e. The Morgan fingerprint density at radius 1 is 1.53 bits per heavy atom. The molecule has 1 unspecified atom stereocenters. The van der Waals surface area contributed by atoms with Crippen LogP contribution in [0.4, 0.5) is 0 Å². The van der Waals surface area contributed by atoms with Crippen molar-refractivity contribution in [1.29, 1.82) is 0 Å². The van der Waals surface area contributed by atoms with Crippen molar-refractivity contribution in [2.24, 2.45) is 0 Å². The molecular formula is C11H16ClNO3S. The zero-order valence-electron chi connectivity index (χ0n) is 9.56. The monoisotopic (exact) mass is 277 g/mol. The molecule has 6 heteroatoms. The van der Waals surface area contributed by atoms with E-state index in [2.05, 4.69) is 5.92 Å². The molecule has 0 aromatic rings. The molecule has 1 atom stereocenters. The lowest BCUT2D eigenvalue weighted by Gasteiger charge is -2.26. The Hall–Kier alpha value is -0.730. The van der Waals surface area contributed by atoms with E-state index in [1.54, 1.807) is 0 Å². The van der Waals surface area contributed by atoms with E-state index < -0.39 is 9.84 Å². The van der Waals surface area contributed by atoms with Crippen molar-refractivity contribution in [1.82, 2.24) is 4.90 Å². The summed E-state index contributed by atoms with van der Waals surface area (Å²) in [6, 6.07) is -0.265. The van der Waals surface area contributed by atoms with Crippen molar-refractivity contribution in [2.75, 3.05) is 23.9 Å². The molecule has 96 valence electrons. The summed E-state index contributed by atoms with van der Waals surface area (Å²) >= 11 is 5.53. The normalized spacial score (nSPS) is 22.0. The molecule has 0 saturated carbocycles. The Bertz CT molecular complexity index is 413. The number of carbonyl (C=O) groups excluding carboxylic acids is 1. The third-order valence-corrected chi connectivity index (χ3v) is 4.77. The first-order valence-corrected chi connectivity index (χ1v) is 7.85. The number of rotatable bonds is 5. The molecule has 0 radical (unpaired) electrons. The van der Waals surface area contributed by atoms with Crippen LogP contribution >= 0.6 is 11.6 Å². The molecule has 1 aliphatic rings. The van der Waals surface area contributed by atoms with Crippen molar-refractivity contribution < 1.29 is 13.2 Å². The summed E-state index contributed by atoms with van der Waals surface area (Å²) in [4.78, 5) is 13.4. The van der Waals surface area contributed by atoms with Gasteiger partial charge >= 0.3 is 0 Å². The van der Waals surface area contributed by atoms with E-state index in [9.17, 15) is 13.2 Å². The zero-order valence-corrected chi connectivity index (χ0v) is 11.1. The first-order valence-electron chi connectivity index (χ1n) is 5.49. The first-order chi connectivity index (χ1) is 8.00. The molecule has 1 aliphatic heterocycles. The topological polar surface area (TPSA) is 54.5 Å². The predicted octanol–water partition coefficient (Wildman–Crippen LogP) is 0.654. The minimum Gasteiger partial charge on any atom is -0.328 e. The van der Waals surface area contributed by atoms with Crippen molar-refractivity contribution >= 4 is 27.3 Å². The van der Waals surface area contributed by atoms with Crippen LogP contribution in [0.25, 0.3) is 0 Å². The maximum Gasteiger partial charge on any atom is 0.223 e. The number of alkyl halides is 1. The molecule has 0 aromatic heterocycles. The predicted molar refractivity (Wildman–Crippen MR) is 67.6 cm³/mol. The Balaban J connectivity index is 2.67. The summed E-state index contributed by atoms with van der Waals surface area (Å²) in [5.74, 6) is 2.89. The van der Waals surface area contributed by atoms with Gasteiger partial charge in [0.25, 0.3) is 0 Å². The van der Waals surface area contributed by atoms with Gasteiger partial charge in [-0.15, -0.1) is 18.0 Å². The molecule has 1 amide bonds. The average molecular weight is 278 g/mol. The van der Waals surface area contributed by atoms with Gasteiger partial charge in [0, 0.05) is 18.3 Å². The number of halogens is 1. The molecule has 1 rings (SSSR count). The Morgan fingerprint density at radius 2 is 2.24 bits per heavy atom. The average Bonchev–Trinajstić information content (AvgIpc) is 2.63. The fraction of sp³-hybridized carbons (Fsp3) is 0.727. The van der Waals surface area contributed by atoms with E-state index in [0.717, 1.165) is 0 Å². The fourth-order valence-corrected chi connectivity index (χ4v) is 3.77. The number of amides is 1. The quantitative estimate of drug-likeness (QED) is 0.548. The lowest BCUT2D eigenvalue weighted by atomic mass is 10.2. The van der Waals surface area contributed by atoms with E-state index in [4.69, 9.17) is 18.0 Å². The molecule has 1 heterocycles. The van der Waals surface area contributed by atoms with Crippen LogP contribution in [-0.2, 0) is 14.6 Å². The number of sulfone groups is 1. The zero-order chi connectivity index (χ0) is 12.9. The molecule has 0 bridgehead atoms. The fourth-order valence-electron chi connectivity index (χ4n) is 1.90. The number of terminal acetylenes is 1. The van der Waals surface area contributed by atoms with E-state index in [1.165, 1.54) is 4.90 Å². The number of hydrogen-bond donors (Lipinski definition) is 0. The summed E-state index contributed by atoms with van der Waals surface area (Å²) in [7, 11) is -3.00. The molecule has 0 N–H and O–H groups in total. The molecule has 0 spiro atoms. The highest BCUT2D eigenvalue weighted by Crippen LogP contribution is 2.18.